The monoisotopic (exact) mass is 395 g/mol. The molecule has 1 saturated carbocycles. The quantitative estimate of drug-likeness (QED) is 0.542. The van der Waals surface area contributed by atoms with Crippen molar-refractivity contribution in [3.05, 3.63) is 28.8 Å². The zero-order valence-electron chi connectivity index (χ0n) is 18.1. The van der Waals surface area contributed by atoms with Gasteiger partial charge in [-0.1, -0.05) is 17.6 Å². The van der Waals surface area contributed by atoms with E-state index in [0.717, 1.165) is 16.7 Å². The van der Waals surface area contributed by atoms with E-state index >= 15 is 0 Å². The highest BCUT2D eigenvalue weighted by Gasteiger charge is 2.48. The van der Waals surface area contributed by atoms with Gasteiger partial charge in [0.15, 0.2) is 0 Å². The molecule has 3 rings (SSSR count). The van der Waals surface area contributed by atoms with E-state index in [-0.39, 0.29) is 23.1 Å². The number of hydrogen-bond donors (Lipinski definition) is 0. The molecule has 1 aromatic carbocycles. The number of ketones is 2. The van der Waals surface area contributed by atoms with E-state index in [9.17, 15) is 14.4 Å². The maximum absolute atomic E-state index is 13.1. The van der Waals surface area contributed by atoms with E-state index in [1.54, 1.807) is 4.90 Å². The van der Waals surface area contributed by atoms with Crippen LogP contribution < -0.4 is 5.46 Å². The number of rotatable bonds is 1. The van der Waals surface area contributed by atoms with Gasteiger partial charge in [0.2, 0.25) is 0 Å². The van der Waals surface area contributed by atoms with Gasteiger partial charge < -0.3 is 9.64 Å². The summed E-state index contributed by atoms with van der Waals surface area (Å²) in [6.45, 7) is 10.4. The molecule has 154 valence electrons. The van der Waals surface area contributed by atoms with E-state index in [4.69, 9.17) is 12.6 Å². The Labute approximate surface area is 174 Å². The Kier molecular flexibility index (Phi) is 5.68. The Balaban J connectivity index is 1.72. The standard InChI is InChI=1S/C23H30BNO4/c1-14-10-16(24)11-15(2)19(14)20-17(26)12-23(13-18(20)27)6-8-25(9-7-23)21(28)29-22(3,4)5/h10-11,20H,6-9,12-13H2,1-5H3. The summed E-state index contributed by atoms with van der Waals surface area (Å²) in [6, 6.07) is 3.65. The first-order valence-corrected chi connectivity index (χ1v) is 10.3. The molecule has 2 aliphatic rings. The van der Waals surface area contributed by atoms with Crippen molar-refractivity contribution in [1.82, 2.24) is 4.90 Å². The van der Waals surface area contributed by atoms with Gasteiger partial charge in [0.05, 0.1) is 0 Å². The first-order chi connectivity index (χ1) is 13.4. The van der Waals surface area contributed by atoms with Crippen LogP contribution in [0.3, 0.4) is 0 Å². The summed E-state index contributed by atoms with van der Waals surface area (Å²) in [4.78, 5) is 40.2. The van der Waals surface area contributed by atoms with Crippen molar-refractivity contribution in [2.24, 2.45) is 5.41 Å². The third-order valence-corrected chi connectivity index (χ3v) is 6.12. The number of likely N-dealkylation sites (tertiary alicyclic amines) is 1. The lowest BCUT2D eigenvalue weighted by Crippen LogP contribution is -2.49. The molecule has 0 bridgehead atoms. The van der Waals surface area contributed by atoms with Crippen LogP contribution in [0.4, 0.5) is 4.79 Å². The van der Waals surface area contributed by atoms with Gasteiger partial charge in [-0.15, -0.1) is 0 Å². The number of carbonyl (C=O) groups excluding carboxylic acids is 3. The fourth-order valence-electron chi connectivity index (χ4n) is 4.81. The maximum Gasteiger partial charge on any atom is 0.410 e. The van der Waals surface area contributed by atoms with Crippen molar-refractivity contribution >= 4 is 31.0 Å². The minimum atomic E-state index is -0.690. The van der Waals surface area contributed by atoms with Crippen molar-refractivity contribution in [3.8, 4) is 0 Å². The highest BCUT2D eigenvalue weighted by atomic mass is 16.6. The zero-order valence-corrected chi connectivity index (χ0v) is 18.1. The Hall–Kier alpha value is -2.11. The number of piperidine rings is 1. The van der Waals surface area contributed by atoms with Gasteiger partial charge in [-0.2, -0.15) is 0 Å². The number of carbonyl (C=O) groups is 3. The van der Waals surface area contributed by atoms with Crippen molar-refractivity contribution in [1.29, 1.82) is 0 Å². The van der Waals surface area contributed by atoms with Gasteiger partial charge >= 0.3 is 6.09 Å². The number of Topliss-reactive ketones (excluding diaryl/α,β-unsaturated/α-hetero) is 2. The van der Waals surface area contributed by atoms with Gasteiger partial charge in [-0.3, -0.25) is 9.59 Å². The molecule has 6 heteroatoms. The van der Waals surface area contributed by atoms with Gasteiger partial charge in [0.1, 0.15) is 30.9 Å². The SMILES string of the molecule is [B]c1cc(C)c(C2C(=O)CC3(CCN(C(=O)OC(C)(C)C)CC3)CC2=O)c(C)c1. The van der Waals surface area contributed by atoms with E-state index < -0.39 is 11.5 Å². The summed E-state index contributed by atoms with van der Waals surface area (Å²) in [6.07, 6.45) is 1.74. The molecule has 1 amide bonds. The van der Waals surface area contributed by atoms with Crippen LogP contribution >= 0.6 is 0 Å². The molecule has 2 fully saturated rings. The largest absolute Gasteiger partial charge is 0.444 e. The fraction of sp³-hybridized carbons (Fsp3) is 0.609. The second-order valence-electron chi connectivity index (χ2n) is 9.75. The molecule has 1 aromatic rings. The maximum atomic E-state index is 13.1. The summed E-state index contributed by atoms with van der Waals surface area (Å²) >= 11 is 0. The first kappa shape index (κ1) is 21.6. The van der Waals surface area contributed by atoms with Crippen molar-refractivity contribution in [2.45, 2.75) is 71.8 Å². The fourth-order valence-corrected chi connectivity index (χ4v) is 4.81. The lowest BCUT2D eigenvalue weighted by Gasteiger charge is -2.44. The molecule has 1 aliphatic heterocycles. The van der Waals surface area contributed by atoms with Crippen LogP contribution in [-0.2, 0) is 14.3 Å². The smallest absolute Gasteiger partial charge is 0.410 e. The van der Waals surface area contributed by atoms with Crippen molar-refractivity contribution in [2.75, 3.05) is 13.1 Å². The van der Waals surface area contributed by atoms with Crippen LogP contribution in [0.15, 0.2) is 12.1 Å². The molecule has 2 radical (unpaired) electrons. The van der Waals surface area contributed by atoms with Crippen LogP contribution in [0.5, 0.6) is 0 Å². The minimum absolute atomic E-state index is 0.0112. The van der Waals surface area contributed by atoms with Crippen LogP contribution in [0.25, 0.3) is 0 Å². The first-order valence-electron chi connectivity index (χ1n) is 10.3. The van der Waals surface area contributed by atoms with Crippen molar-refractivity contribution < 1.29 is 19.1 Å². The summed E-state index contributed by atoms with van der Waals surface area (Å²) in [5, 5.41) is 0. The average Bonchev–Trinajstić information content (AvgIpc) is 2.55. The third kappa shape index (κ3) is 4.57. The van der Waals surface area contributed by atoms with Gasteiger partial charge in [-0.05, 0) is 69.6 Å². The number of ether oxygens (including phenoxy) is 1. The Morgan fingerprint density at radius 2 is 1.55 bits per heavy atom. The van der Waals surface area contributed by atoms with E-state index in [0.29, 0.717) is 44.2 Å². The Bertz CT molecular complexity index is 804. The molecule has 5 nitrogen and oxygen atoms in total. The van der Waals surface area contributed by atoms with Crippen LogP contribution in [0.1, 0.15) is 69.1 Å². The summed E-state index contributed by atoms with van der Waals surface area (Å²) in [7, 11) is 5.90. The predicted octanol–water partition coefficient (Wildman–Crippen LogP) is 3.13. The number of amides is 1. The second-order valence-corrected chi connectivity index (χ2v) is 9.75. The van der Waals surface area contributed by atoms with Gasteiger partial charge in [0, 0.05) is 25.9 Å². The summed E-state index contributed by atoms with van der Waals surface area (Å²) in [5.74, 6) is -0.712. The molecule has 0 aromatic heterocycles. The molecule has 1 saturated heterocycles. The molecule has 1 aliphatic carbocycles. The molecule has 0 N–H and O–H groups in total. The number of aryl methyl sites for hydroxylation is 2. The Morgan fingerprint density at radius 3 is 2.00 bits per heavy atom. The predicted molar refractivity (Wildman–Crippen MR) is 113 cm³/mol. The van der Waals surface area contributed by atoms with Crippen molar-refractivity contribution in [3.63, 3.8) is 0 Å². The summed E-state index contributed by atoms with van der Waals surface area (Å²) < 4.78 is 5.45. The molecule has 1 heterocycles. The van der Waals surface area contributed by atoms with E-state index in [2.05, 4.69) is 0 Å². The van der Waals surface area contributed by atoms with E-state index in [1.807, 2.05) is 46.8 Å². The minimum Gasteiger partial charge on any atom is -0.444 e. The van der Waals surface area contributed by atoms with Crippen LogP contribution in [-0.4, -0.2) is 49.1 Å². The molecular formula is C23H30BNO4. The third-order valence-electron chi connectivity index (χ3n) is 6.12. The molecule has 1 spiro atoms. The summed E-state index contributed by atoms with van der Waals surface area (Å²) in [5.41, 5.74) is 2.37. The van der Waals surface area contributed by atoms with E-state index in [1.165, 1.54) is 0 Å². The van der Waals surface area contributed by atoms with Gasteiger partial charge in [0.25, 0.3) is 0 Å². The Morgan fingerprint density at radius 1 is 1.07 bits per heavy atom. The van der Waals surface area contributed by atoms with Gasteiger partial charge in [-0.25, -0.2) is 4.79 Å². The number of benzene rings is 1. The zero-order chi connectivity index (χ0) is 21.6. The number of nitrogens with zero attached hydrogens (tertiary/aromatic N) is 1. The molecule has 29 heavy (non-hydrogen) atoms. The second kappa shape index (κ2) is 7.62. The molecular weight excluding hydrogens is 365 g/mol. The average molecular weight is 395 g/mol. The molecule has 0 atom stereocenters. The highest BCUT2D eigenvalue weighted by molar-refractivity contribution is 6.32. The normalized spacial score (nSPS) is 20.2. The number of hydrogen-bond acceptors (Lipinski definition) is 4. The lowest BCUT2D eigenvalue weighted by molar-refractivity contribution is -0.138. The van der Waals surface area contributed by atoms with Crippen LogP contribution in [0, 0.1) is 19.3 Å². The lowest BCUT2D eigenvalue weighted by atomic mass is 9.62. The highest BCUT2D eigenvalue weighted by Crippen LogP contribution is 2.46. The van der Waals surface area contributed by atoms with Crippen LogP contribution in [0.2, 0.25) is 0 Å². The molecule has 0 unspecified atom stereocenters. The topological polar surface area (TPSA) is 63.7 Å².